The molecule has 14 heavy (non-hydrogen) atoms. The molecule has 2 rings (SSSR count). The third-order valence-electron chi connectivity index (χ3n) is 2.72. The standard InChI is InChI=1S/C11H15NO2/c1-14-10-4-2-3-9-8(5-6-13)7-12-11(9)10/h2-4,8,12-13H,5-7H2,1H3. The summed E-state index contributed by atoms with van der Waals surface area (Å²) in [6.45, 7) is 1.14. The highest BCUT2D eigenvalue weighted by atomic mass is 16.5. The summed E-state index contributed by atoms with van der Waals surface area (Å²) in [7, 11) is 1.68. The van der Waals surface area contributed by atoms with E-state index in [1.807, 2.05) is 12.1 Å². The van der Waals surface area contributed by atoms with Gasteiger partial charge in [-0.15, -0.1) is 0 Å². The molecular weight excluding hydrogens is 178 g/mol. The van der Waals surface area contributed by atoms with E-state index in [0.29, 0.717) is 5.92 Å². The molecule has 76 valence electrons. The smallest absolute Gasteiger partial charge is 0.142 e. The molecular formula is C11H15NO2. The lowest BCUT2D eigenvalue weighted by molar-refractivity contribution is 0.278. The van der Waals surface area contributed by atoms with Crippen LogP contribution in [0.25, 0.3) is 0 Å². The maximum Gasteiger partial charge on any atom is 0.142 e. The number of hydrogen-bond acceptors (Lipinski definition) is 3. The van der Waals surface area contributed by atoms with E-state index in [1.54, 1.807) is 7.11 Å². The van der Waals surface area contributed by atoms with E-state index < -0.39 is 0 Å². The van der Waals surface area contributed by atoms with Crippen LogP contribution in [0.15, 0.2) is 18.2 Å². The zero-order valence-corrected chi connectivity index (χ0v) is 8.29. The fourth-order valence-corrected chi connectivity index (χ4v) is 2.00. The number of methoxy groups -OCH3 is 1. The van der Waals surface area contributed by atoms with Crippen molar-refractivity contribution < 1.29 is 9.84 Å². The Kier molecular flexibility index (Phi) is 2.59. The summed E-state index contributed by atoms with van der Waals surface area (Å²) in [5.74, 6) is 1.31. The van der Waals surface area contributed by atoms with Gasteiger partial charge < -0.3 is 15.2 Å². The van der Waals surface area contributed by atoms with Crippen LogP contribution in [0.2, 0.25) is 0 Å². The van der Waals surface area contributed by atoms with Crippen LogP contribution in [-0.2, 0) is 0 Å². The molecule has 0 aliphatic carbocycles. The lowest BCUT2D eigenvalue weighted by Gasteiger charge is -2.08. The quantitative estimate of drug-likeness (QED) is 0.766. The van der Waals surface area contributed by atoms with Gasteiger partial charge in [-0.1, -0.05) is 12.1 Å². The fraction of sp³-hybridized carbons (Fsp3) is 0.455. The van der Waals surface area contributed by atoms with Crippen molar-refractivity contribution in [3.8, 4) is 5.75 Å². The van der Waals surface area contributed by atoms with Crippen LogP contribution in [0.5, 0.6) is 5.75 Å². The van der Waals surface area contributed by atoms with Gasteiger partial charge in [0.05, 0.1) is 12.8 Å². The second-order valence-corrected chi connectivity index (χ2v) is 3.51. The van der Waals surface area contributed by atoms with Crippen molar-refractivity contribution in [1.29, 1.82) is 0 Å². The Labute approximate surface area is 83.7 Å². The lowest BCUT2D eigenvalue weighted by atomic mass is 9.98. The Bertz CT molecular complexity index is 325. The van der Waals surface area contributed by atoms with E-state index in [9.17, 15) is 0 Å². The number of benzene rings is 1. The summed E-state index contributed by atoms with van der Waals surface area (Å²) in [5, 5.41) is 12.2. The van der Waals surface area contributed by atoms with Gasteiger partial charge in [-0.25, -0.2) is 0 Å². The number of nitrogens with one attached hydrogen (secondary N) is 1. The van der Waals surface area contributed by atoms with Gasteiger partial charge in [0.1, 0.15) is 5.75 Å². The molecule has 0 fully saturated rings. The number of rotatable bonds is 3. The van der Waals surface area contributed by atoms with Crippen molar-refractivity contribution in [1.82, 2.24) is 0 Å². The number of ether oxygens (including phenoxy) is 1. The first-order chi connectivity index (χ1) is 6.86. The van der Waals surface area contributed by atoms with Gasteiger partial charge >= 0.3 is 0 Å². The summed E-state index contributed by atoms with van der Waals surface area (Å²) in [4.78, 5) is 0. The normalized spacial score (nSPS) is 18.9. The first kappa shape index (κ1) is 9.34. The maximum atomic E-state index is 8.92. The van der Waals surface area contributed by atoms with Crippen LogP contribution >= 0.6 is 0 Å². The zero-order chi connectivity index (χ0) is 9.97. The molecule has 1 unspecified atom stereocenters. The van der Waals surface area contributed by atoms with Crippen LogP contribution in [0.3, 0.4) is 0 Å². The molecule has 0 spiro atoms. The van der Waals surface area contributed by atoms with Crippen molar-refractivity contribution in [3.63, 3.8) is 0 Å². The molecule has 0 saturated carbocycles. The van der Waals surface area contributed by atoms with Gasteiger partial charge in [0, 0.05) is 19.1 Å². The van der Waals surface area contributed by atoms with Gasteiger partial charge in [-0.05, 0) is 18.1 Å². The Morgan fingerprint density at radius 1 is 1.57 bits per heavy atom. The van der Waals surface area contributed by atoms with Gasteiger partial charge in [-0.3, -0.25) is 0 Å². The highest BCUT2D eigenvalue weighted by Crippen LogP contribution is 2.39. The zero-order valence-electron chi connectivity index (χ0n) is 8.29. The number of aliphatic hydroxyl groups is 1. The van der Waals surface area contributed by atoms with Gasteiger partial charge in [-0.2, -0.15) is 0 Å². The van der Waals surface area contributed by atoms with E-state index in [0.717, 1.165) is 24.4 Å². The molecule has 1 atom stereocenters. The van der Waals surface area contributed by atoms with Crippen molar-refractivity contribution in [3.05, 3.63) is 23.8 Å². The van der Waals surface area contributed by atoms with E-state index >= 15 is 0 Å². The van der Waals surface area contributed by atoms with Crippen LogP contribution in [0, 0.1) is 0 Å². The summed E-state index contributed by atoms with van der Waals surface area (Å²) in [5.41, 5.74) is 2.35. The summed E-state index contributed by atoms with van der Waals surface area (Å²) in [6.07, 6.45) is 0.813. The van der Waals surface area contributed by atoms with Crippen LogP contribution in [0.1, 0.15) is 17.9 Å². The molecule has 3 heteroatoms. The lowest BCUT2D eigenvalue weighted by Crippen LogP contribution is -2.03. The highest BCUT2D eigenvalue weighted by Gasteiger charge is 2.23. The molecule has 3 nitrogen and oxygen atoms in total. The topological polar surface area (TPSA) is 41.5 Å². The minimum Gasteiger partial charge on any atom is -0.495 e. The van der Waals surface area contributed by atoms with E-state index in [-0.39, 0.29) is 6.61 Å². The summed E-state index contributed by atoms with van der Waals surface area (Å²) >= 11 is 0. The molecule has 1 aromatic rings. The van der Waals surface area contributed by atoms with Gasteiger partial charge in [0.15, 0.2) is 0 Å². The number of para-hydroxylation sites is 1. The second-order valence-electron chi connectivity index (χ2n) is 3.51. The fourth-order valence-electron chi connectivity index (χ4n) is 2.00. The van der Waals surface area contributed by atoms with Crippen molar-refractivity contribution >= 4 is 5.69 Å². The average molecular weight is 193 g/mol. The minimum absolute atomic E-state index is 0.239. The molecule has 0 aromatic heterocycles. The predicted molar refractivity (Wildman–Crippen MR) is 55.9 cm³/mol. The van der Waals surface area contributed by atoms with Crippen molar-refractivity contribution in [2.75, 3.05) is 25.6 Å². The first-order valence-corrected chi connectivity index (χ1v) is 4.88. The molecule has 0 radical (unpaired) electrons. The van der Waals surface area contributed by atoms with Crippen LogP contribution in [0.4, 0.5) is 5.69 Å². The predicted octanol–water partition coefficient (Wildman–Crippen LogP) is 1.59. The Balaban J connectivity index is 2.31. The SMILES string of the molecule is COc1cccc2c1NCC2CCO. The summed E-state index contributed by atoms with van der Waals surface area (Å²) < 4.78 is 5.26. The minimum atomic E-state index is 0.239. The molecule has 2 N–H and O–H groups in total. The Hall–Kier alpha value is -1.22. The van der Waals surface area contributed by atoms with Gasteiger partial charge in [0.2, 0.25) is 0 Å². The third kappa shape index (κ3) is 1.44. The van der Waals surface area contributed by atoms with Crippen molar-refractivity contribution in [2.45, 2.75) is 12.3 Å². The number of fused-ring (bicyclic) bond motifs is 1. The number of hydrogen-bond donors (Lipinski definition) is 2. The average Bonchev–Trinajstić information content (AvgIpc) is 2.62. The third-order valence-corrected chi connectivity index (χ3v) is 2.72. The molecule has 1 aromatic carbocycles. The number of aliphatic hydroxyl groups excluding tert-OH is 1. The first-order valence-electron chi connectivity index (χ1n) is 4.88. The van der Waals surface area contributed by atoms with Crippen molar-refractivity contribution in [2.24, 2.45) is 0 Å². The number of anilines is 1. The largest absolute Gasteiger partial charge is 0.495 e. The molecule has 0 saturated heterocycles. The monoisotopic (exact) mass is 193 g/mol. The summed E-state index contributed by atoms with van der Waals surface area (Å²) in [6, 6.07) is 6.04. The van der Waals surface area contributed by atoms with E-state index in [1.165, 1.54) is 5.56 Å². The van der Waals surface area contributed by atoms with Gasteiger partial charge in [0.25, 0.3) is 0 Å². The Morgan fingerprint density at radius 2 is 2.43 bits per heavy atom. The van der Waals surface area contributed by atoms with Crippen LogP contribution < -0.4 is 10.1 Å². The molecule has 0 amide bonds. The molecule has 1 aliphatic heterocycles. The molecule has 1 heterocycles. The second kappa shape index (κ2) is 3.88. The Morgan fingerprint density at radius 3 is 3.14 bits per heavy atom. The molecule has 1 aliphatic rings. The van der Waals surface area contributed by atoms with E-state index in [4.69, 9.17) is 9.84 Å². The highest BCUT2D eigenvalue weighted by molar-refractivity contribution is 5.66. The van der Waals surface area contributed by atoms with E-state index in [2.05, 4.69) is 11.4 Å². The van der Waals surface area contributed by atoms with Crippen LogP contribution in [-0.4, -0.2) is 25.4 Å². The molecule has 0 bridgehead atoms. The maximum absolute atomic E-state index is 8.92.